The Labute approximate surface area is 123 Å². The second kappa shape index (κ2) is 6.74. The molecule has 0 aromatic heterocycles. The molecular weight excluding hydrogens is 240 g/mol. The zero-order chi connectivity index (χ0) is 14.5. The van der Waals surface area contributed by atoms with Crippen molar-refractivity contribution >= 4 is 5.57 Å². The van der Waals surface area contributed by atoms with Gasteiger partial charge in [-0.25, -0.2) is 0 Å². The molecule has 0 N–H and O–H groups in total. The van der Waals surface area contributed by atoms with Gasteiger partial charge in [0.15, 0.2) is 0 Å². The van der Waals surface area contributed by atoms with Crippen molar-refractivity contribution in [2.75, 3.05) is 0 Å². The fourth-order valence-electron chi connectivity index (χ4n) is 2.95. The quantitative estimate of drug-likeness (QED) is 0.551. The molecular formula is C20H26. The molecule has 0 saturated carbocycles. The number of hydrogen-bond donors (Lipinski definition) is 0. The summed E-state index contributed by atoms with van der Waals surface area (Å²) in [5, 5.41) is 0. The van der Waals surface area contributed by atoms with Crippen LogP contribution in [0.15, 0.2) is 60.2 Å². The van der Waals surface area contributed by atoms with E-state index in [0.717, 1.165) is 6.42 Å². The lowest BCUT2D eigenvalue weighted by atomic mass is 9.83. The zero-order valence-corrected chi connectivity index (χ0v) is 13.0. The van der Waals surface area contributed by atoms with Gasteiger partial charge in [0, 0.05) is 5.92 Å². The van der Waals surface area contributed by atoms with Gasteiger partial charge in [-0.15, -0.1) is 0 Å². The van der Waals surface area contributed by atoms with E-state index in [-0.39, 0.29) is 0 Å². The minimum absolute atomic E-state index is 0.523. The van der Waals surface area contributed by atoms with Crippen molar-refractivity contribution in [2.45, 2.75) is 40.0 Å². The largest absolute Gasteiger partial charge is 0.0996 e. The third-order valence-electron chi connectivity index (χ3n) is 4.41. The molecule has 0 spiro atoms. The van der Waals surface area contributed by atoms with Gasteiger partial charge in [0.25, 0.3) is 0 Å². The number of benzene rings is 1. The lowest BCUT2D eigenvalue weighted by molar-refractivity contribution is 0.533. The third kappa shape index (κ3) is 3.30. The van der Waals surface area contributed by atoms with E-state index >= 15 is 0 Å². The summed E-state index contributed by atoms with van der Waals surface area (Å²) in [7, 11) is 0. The van der Waals surface area contributed by atoms with Crippen molar-refractivity contribution in [3.8, 4) is 0 Å². The van der Waals surface area contributed by atoms with Crippen LogP contribution in [0.3, 0.4) is 0 Å². The van der Waals surface area contributed by atoms with E-state index in [1.807, 2.05) is 0 Å². The molecule has 2 rings (SSSR count). The molecule has 1 aromatic carbocycles. The highest BCUT2D eigenvalue weighted by atomic mass is 14.3. The summed E-state index contributed by atoms with van der Waals surface area (Å²) >= 11 is 0. The van der Waals surface area contributed by atoms with Crippen LogP contribution in [0.25, 0.3) is 5.57 Å². The number of hydrogen-bond acceptors (Lipinski definition) is 0. The maximum Gasteiger partial charge on any atom is 0.00493 e. The fraction of sp³-hybridized carbons (Fsp3) is 0.400. The molecule has 2 atom stereocenters. The molecule has 0 radical (unpaired) electrons. The summed E-state index contributed by atoms with van der Waals surface area (Å²) in [5.74, 6) is 1.06. The maximum absolute atomic E-state index is 4.31. The topological polar surface area (TPSA) is 0 Å². The Kier molecular flexibility index (Phi) is 5.00. The van der Waals surface area contributed by atoms with Crippen molar-refractivity contribution < 1.29 is 0 Å². The van der Waals surface area contributed by atoms with Gasteiger partial charge in [-0.2, -0.15) is 0 Å². The van der Waals surface area contributed by atoms with Crippen molar-refractivity contribution in [2.24, 2.45) is 11.8 Å². The summed E-state index contributed by atoms with van der Waals surface area (Å²) in [4.78, 5) is 0. The first-order chi connectivity index (χ1) is 9.63. The summed E-state index contributed by atoms with van der Waals surface area (Å²) in [6.07, 6.45) is 8.43. The predicted molar refractivity (Wildman–Crippen MR) is 89.5 cm³/mol. The van der Waals surface area contributed by atoms with Crippen LogP contribution in [0, 0.1) is 11.8 Å². The smallest absolute Gasteiger partial charge is 0.00493 e. The molecule has 0 nitrogen and oxygen atoms in total. The maximum atomic E-state index is 4.31. The van der Waals surface area contributed by atoms with Crippen LogP contribution < -0.4 is 0 Å². The van der Waals surface area contributed by atoms with E-state index in [1.54, 1.807) is 0 Å². The molecule has 106 valence electrons. The average Bonchev–Trinajstić information content (AvgIpc) is 2.87. The Morgan fingerprint density at radius 3 is 2.60 bits per heavy atom. The first-order valence-corrected chi connectivity index (χ1v) is 7.76. The van der Waals surface area contributed by atoms with Gasteiger partial charge in [0.05, 0.1) is 0 Å². The molecule has 1 aromatic rings. The number of unbranched alkanes of at least 4 members (excludes halogenated alkanes) is 1. The van der Waals surface area contributed by atoms with Crippen LogP contribution >= 0.6 is 0 Å². The van der Waals surface area contributed by atoms with Crippen LogP contribution in [0.2, 0.25) is 0 Å². The van der Waals surface area contributed by atoms with E-state index in [4.69, 9.17) is 0 Å². The summed E-state index contributed by atoms with van der Waals surface area (Å²) < 4.78 is 0. The van der Waals surface area contributed by atoms with E-state index in [0.29, 0.717) is 11.8 Å². The molecule has 0 amide bonds. The Bertz CT molecular complexity index is 516. The monoisotopic (exact) mass is 266 g/mol. The lowest BCUT2D eigenvalue weighted by Crippen LogP contribution is -2.11. The second-order valence-corrected chi connectivity index (χ2v) is 5.95. The molecule has 1 aliphatic rings. The van der Waals surface area contributed by atoms with Crippen LogP contribution in [0.4, 0.5) is 0 Å². The van der Waals surface area contributed by atoms with Gasteiger partial charge in [-0.1, -0.05) is 80.5 Å². The second-order valence-electron chi connectivity index (χ2n) is 5.95. The van der Waals surface area contributed by atoms with Gasteiger partial charge >= 0.3 is 0 Å². The Morgan fingerprint density at radius 1 is 1.25 bits per heavy atom. The van der Waals surface area contributed by atoms with Crippen molar-refractivity contribution in [3.63, 3.8) is 0 Å². The highest BCUT2D eigenvalue weighted by molar-refractivity contribution is 5.78. The number of rotatable bonds is 6. The summed E-state index contributed by atoms with van der Waals surface area (Å²) in [5.41, 5.74) is 5.55. The van der Waals surface area contributed by atoms with Gasteiger partial charge in [-0.05, 0) is 36.8 Å². The highest BCUT2D eigenvalue weighted by Gasteiger charge is 2.23. The third-order valence-corrected chi connectivity index (χ3v) is 4.41. The molecule has 0 heteroatoms. The zero-order valence-electron chi connectivity index (χ0n) is 13.0. The van der Waals surface area contributed by atoms with Crippen LogP contribution in [-0.4, -0.2) is 0 Å². The summed E-state index contributed by atoms with van der Waals surface area (Å²) in [6, 6.07) is 10.7. The Hall–Kier alpha value is -1.56. The molecule has 0 bridgehead atoms. The van der Waals surface area contributed by atoms with E-state index in [1.165, 1.54) is 35.1 Å². The highest BCUT2D eigenvalue weighted by Crippen LogP contribution is 2.37. The van der Waals surface area contributed by atoms with Crippen molar-refractivity contribution in [1.29, 1.82) is 0 Å². The van der Waals surface area contributed by atoms with Crippen LogP contribution in [0.1, 0.15) is 45.6 Å². The van der Waals surface area contributed by atoms with Crippen molar-refractivity contribution in [1.82, 2.24) is 0 Å². The standard InChI is InChI=1S/C20H26/c1-5-6-10-15(2)17(4)20-14-19(13-16(20)3)18-11-8-7-9-12-18/h7-9,11-14,17,20H,2,5-6,10H2,1,3-4H3. The minimum atomic E-state index is 0.523. The lowest BCUT2D eigenvalue weighted by Gasteiger charge is -2.22. The number of allylic oxidation sites excluding steroid dienone is 5. The summed E-state index contributed by atoms with van der Waals surface area (Å²) in [6.45, 7) is 11.1. The Balaban J connectivity index is 2.13. The van der Waals surface area contributed by atoms with Crippen LogP contribution in [0.5, 0.6) is 0 Å². The van der Waals surface area contributed by atoms with Gasteiger partial charge in [-0.3, -0.25) is 0 Å². The predicted octanol–water partition coefficient (Wildman–Crippen LogP) is 6.03. The van der Waals surface area contributed by atoms with E-state index < -0.39 is 0 Å². The van der Waals surface area contributed by atoms with Crippen molar-refractivity contribution in [3.05, 3.63) is 65.8 Å². The molecule has 0 heterocycles. The SMILES string of the molecule is C=C(CCCC)C(C)C1C=C(c2ccccc2)C=C1C. The van der Waals surface area contributed by atoms with Crippen LogP contribution in [-0.2, 0) is 0 Å². The van der Waals surface area contributed by atoms with Gasteiger partial charge in [0.2, 0.25) is 0 Å². The normalized spacial score (nSPS) is 19.4. The first-order valence-electron chi connectivity index (χ1n) is 7.76. The molecule has 0 aliphatic heterocycles. The first kappa shape index (κ1) is 14.8. The minimum Gasteiger partial charge on any atom is -0.0996 e. The van der Waals surface area contributed by atoms with E-state index in [9.17, 15) is 0 Å². The molecule has 1 aliphatic carbocycles. The molecule has 20 heavy (non-hydrogen) atoms. The molecule has 0 saturated heterocycles. The van der Waals surface area contributed by atoms with Gasteiger partial charge < -0.3 is 0 Å². The van der Waals surface area contributed by atoms with Gasteiger partial charge in [0.1, 0.15) is 0 Å². The fourth-order valence-corrected chi connectivity index (χ4v) is 2.95. The average molecular weight is 266 g/mol. The van der Waals surface area contributed by atoms with E-state index in [2.05, 4.69) is 69.8 Å². The Morgan fingerprint density at radius 2 is 1.95 bits per heavy atom. The molecule has 0 fully saturated rings. The molecule has 2 unspecified atom stereocenters.